The SMILES string of the molecule is COc1ccccc1C(=O)N1CCC(Nc2cc(C)cc(C)c2)CC1. The van der Waals surface area contributed by atoms with Gasteiger partial charge in [-0.1, -0.05) is 18.2 Å². The van der Waals surface area contributed by atoms with Crippen LogP contribution in [-0.4, -0.2) is 37.0 Å². The molecule has 1 amide bonds. The number of piperidine rings is 1. The zero-order valence-electron chi connectivity index (χ0n) is 15.2. The van der Waals surface area contributed by atoms with E-state index in [1.165, 1.54) is 16.8 Å². The number of hydrogen-bond acceptors (Lipinski definition) is 3. The zero-order chi connectivity index (χ0) is 17.8. The van der Waals surface area contributed by atoms with Crippen LogP contribution in [0.4, 0.5) is 5.69 Å². The lowest BCUT2D eigenvalue weighted by molar-refractivity contribution is 0.0715. The van der Waals surface area contributed by atoms with Gasteiger partial charge in [0.25, 0.3) is 5.91 Å². The molecule has 2 aromatic carbocycles. The molecule has 3 rings (SSSR count). The minimum atomic E-state index is 0.0577. The average Bonchev–Trinajstić information content (AvgIpc) is 2.61. The Morgan fingerprint density at radius 2 is 1.72 bits per heavy atom. The number of carbonyl (C=O) groups is 1. The van der Waals surface area contributed by atoms with E-state index in [1.807, 2.05) is 29.2 Å². The number of ether oxygens (including phenoxy) is 1. The molecule has 4 nitrogen and oxygen atoms in total. The van der Waals surface area contributed by atoms with Crippen LogP contribution in [0.5, 0.6) is 5.75 Å². The quantitative estimate of drug-likeness (QED) is 0.915. The van der Waals surface area contributed by atoms with Crippen molar-refractivity contribution in [2.45, 2.75) is 32.7 Å². The number of carbonyl (C=O) groups excluding carboxylic acids is 1. The first-order chi connectivity index (χ1) is 12.1. The number of methoxy groups -OCH3 is 1. The summed E-state index contributed by atoms with van der Waals surface area (Å²) in [6.45, 7) is 5.76. The first-order valence-corrected chi connectivity index (χ1v) is 8.84. The van der Waals surface area contributed by atoms with Gasteiger partial charge in [0, 0.05) is 24.8 Å². The molecule has 2 aromatic rings. The van der Waals surface area contributed by atoms with Gasteiger partial charge in [-0.2, -0.15) is 0 Å². The summed E-state index contributed by atoms with van der Waals surface area (Å²) in [4.78, 5) is 14.7. The molecule has 1 N–H and O–H groups in total. The van der Waals surface area contributed by atoms with Crippen LogP contribution in [0.1, 0.15) is 34.3 Å². The van der Waals surface area contributed by atoms with Gasteiger partial charge in [-0.05, 0) is 62.1 Å². The Balaban J connectivity index is 1.60. The Labute approximate surface area is 149 Å². The molecule has 4 heteroatoms. The van der Waals surface area contributed by atoms with Crippen LogP contribution in [0, 0.1) is 13.8 Å². The van der Waals surface area contributed by atoms with Gasteiger partial charge in [0.2, 0.25) is 0 Å². The van der Waals surface area contributed by atoms with Crippen LogP contribution >= 0.6 is 0 Å². The van der Waals surface area contributed by atoms with Gasteiger partial charge in [0.05, 0.1) is 12.7 Å². The molecule has 0 atom stereocenters. The summed E-state index contributed by atoms with van der Waals surface area (Å²) in [5.74, 6) is 0.699. The van der Waals surface area contributed by atoms with E-state index in [0.29, 0.717) is 17.4 Å². The van der Waals surface area contributed by atoms with Crippen LogP contribution in [0.25, 0.3) is 0 Å². The van der Waals surface area contributed by atoms with Crippen LogP contribution in [0.3, 0.4) is 0 Å². The monoisotopic (exact) mass is 338 g/mol. The van der Waals surface area contributed by atoms with E-state index in [-0.39, 0.29) is 5.91 Å². The molecule has 1 aliphatic heterocycles. The van der Waals surface area contributed by atoms with Gasteiger partial charge in [-0.3, -0.25) is 4.79 Å². The lowest BCUT2D eigenvalue weighted by Crippen LogP contribution is -2.42. The molecule has 1 saturated heterocycles. The van der Waals surface area contributed by atoms with Crippen molar-refractivity contribution in [3.05, 3.63) is 59.2 Å². The maximum Gasteiger partial charge on any atom is 0.257 e. The largest absolute Gasteiger partial charge is 0.496 e. The molecule has 1 fully saturated rings. The summed E-state index contributed by atoms with van der Waals surface area (Å²) in [5, 5.41) is 3.62. The van der Waals surface area contributed by atoms with E-state index in [4.69, 9.17) is 4.74 Å². The van der Waals surface area contributed by atoms with Gasteiger partial charge in [-0.15, -0.1) is 0 Å². The number of nitrogens with zero attached hydrogens (tertiary/aromatic N) is 1. The number of nitrogens with one attached hydrogen (secondary N) is 1. The normalized spacial score (nSPS) is 15.1. The van der Waals surface area contributed by atoms with Crippen molar-refractivity contribution in [2.75, 3.05) is 25.5 Å². The van der Waals surface area contributed by atoms with E-state index in [9.17, 15) is 4.79 Å². The molecule has 0 saturated carbocycles. The van der Waals surface area contributed by atoms with Crippen molar-refractivity contribution in [1.82, 2.24) is 4.90 Å². The van der Waals surface area contributed by atoms with E-state index < -0.39 is 0 Å². The fourth-order valence-corrected chi connectivity index (χ4v) is 3.51. The fraction of sp³-hybridized carbons (Fsp3) is 0.381. The van der Waals surface area contributed by atoms with Crippen molar-refractivity contribution in [1.29, 1.82) is 0 Å². The number of rotatable bonds is 4. The topological polar surface area (TPSA) is 41.6 Å². The summed E-state index contributed by atoms with van der Waals surface area (Å²) in [6.07, 6.45) is 1.90. The summed E-state index contributed by atoms with van der Waals surface area (Å²) in [5.41, 5.74) is 4.36. The second kappa shape index (κ2) is 7.60. The predicted octanol–water partition coefficient (Wildman–Crippen LogP) is 4.03. The lowest BCUT2D eigenvalue weighted by Gasteiger charge is -2.33. The first-order valence-electron chi connectivity index (χ1n) is 8.84. The Bertz CT molecular complexity index is 729. The first kappa shape index (κ1) is 17.3. The van der Waals surface area contributed by atoms with Crippen molar-refractivity contribution in [3.63, 3.8) is 0 Å². The number of likely N-dealkylation sites (tertiary alicyclic amines) is 1. The molecule has 0 aromatic heterocycles. The summed E-state index contributed by atoms with van der Waals surface area (Å²) in [6, 6.07) is 14.4. The molecular formula is C21H26N2O2. The minimum absolute atomic E-state index is 0.0577. The lowest BCUT2D eigenvalue weighted by atomic mass is 10.0. The third kappa shape index (κ3) is 4.13. The van der Waals surface area contributed by atoms with Crippen molar-refractivity contribution in [3.8, 4) is 5.75 Å². The van der Waals surface area contributed by atoms with Gasteiger partial charge >= 0.3 is 0 Å². The summed E-state index contributed by atoms with van der Waals surface area (Å²) >= 11 is 0. The number of benzene rings is 2. The highest BCUT2D eigenvalue weighted by Gasteiger charge is 2.25. The average molecular weight is 338 g/mol. The highest BCUT2D eigenvalue weighted by Crippen LogP contribution is 2.23. The number of amides is 1. The number of aryl methyl sites for hydroxylation is 2. The number of para-hydroxylation sites is 1. The highest BCUT2D eigenvalue weighted by molar-refractivity contribution is 5.97. The molecule has 25 heavy (non-hydrogen) atoms. The van der Waals surface area contributed by atoms with Crippen LogP contribution < -0.4 is 10.1 Å². The van der Waals surface area contributed by atoms with Gasteiger partial charge in [0.15, 0.2) is 0 Å². The van der Waals surface area contributed by atoms with Gasteiger partial charge in [0.1, 0.15) is 5.75 Å². The Morgan fingerprint density at radius 3 is 2.36 bits per heavy atom. The van der Waals surface area contributed by atoms with E-state index in [1.54, 1.807) is 7.11 Å². The molecule has 0 unspecified atom stereocenters. The second-order valence-electron chi connectivity index (χ2n) is 6.79. The summed E-state index contributed by atoms with van der Waals surface area (Å²) in [7, 11) is 1.60. The molecular weight excluding hydrogens is 312 g/mol. The van der Waals surface area contributed by atoms with E-state index >= 15 is 0 Å². The zero-order valence-corrected chi connectivity index (χ0v) is 15.2. The maximum atomic E-state index is 12.8. The van der Waals surface area contributed by atoms with Gasteiger partial charge < -0.3 is 15.0 Å². The third-order valence-electron chi connectivity index (χ3n) is 4.71. The van der Waals surface area contributed by atoms with Crippen LogP contribution in [-0.2, 0) is 0 Å². The van der Waals surface area contributed by atoms with Crippen molar-refractivity contribution in [2.24, 2.45) is 0 Å². The highest BCUT2D eigenvalue weighted by atomic mass is 16.5. The molecule has 0 bridgehead atoms. The number of hydrogen-bond donors (Lipinski definition) is 1. The van der Waals surface area contributed by atoms with Crippen molar-refractivity contribution < 1.29 is 9.53 Å². The summed E-state index contributed by atoms with van der Waals surface area (Å²) < 4.78 is 5.32. The third-order valence-corrected chi connectivity index (χ3v) is 4.71. The van der Waals surface area contributed by atoms with Crippen LogP contribution in [0.2, 0.25) is 0 Å². The molecule has 0 aliphatic carbocycles. The minimum Gasteiger partial charge on any atom is -0.496 e. The smallest absolute Gasteiger partial charge is 0.257 e. The molecule has 0 spiro atoms. The molecule has 1 heterocycles. The molecule has 1 aliphatic rings. The predicted molar refractivity (Wildman–Crippen MR) is 101 cm³/mol. The van der Waals surface area contributed by atoms with E-state index in [2.05, 4.69) is 37.4 Å². The molecule has 0 radical (unpaired) electrons. The fourth-order valence-electron chi connectivity index (χ4n) is 3.51. The van der Waals surface area contributed by atoms with E-state index in [0.717, 1.165) is 25.9 Å². The van der Waals surface area contributed by atoms with Gasteiger partial charge in [-0.25, -0.2) is 0 Å². The maximum absolute atomic E-state index is 12.8. The second-order valence-corrected chi connectivity index (χ2v) is 6.79. The Morgan fingerprint density at radius 1 is 1.08 bits per heavy atom. The molecule has 132 valence electrons. The van der Waals surface area contributed by atoms with Crippen molar-refractivity contribution >= 4 is 11.6 Å². The Hall–Kier alpha value is -2.49. The Kier molecular flexibility index (Phi) is 5.27. The standard InChI is InChI=1S/C21H26N2O2/c1-15-12-16(2)14-18(13-15)22-17-8-10-23(11-9-17)21(24)19-6-4-5-7-20(19)25-3/h4-7,12-14,17,22H,8-11H2,1-3H3. The van der Waals surface area contributed by atoms with Crippen LogP contribution in [0.15, 0.2) is 42.5 Å². The number of anilines is 1.